The van der Waals surface area contributed by atoms with Gasteiger partial charge < -0.3 is 5.32 Å². The van der Waals surface area contributed by atoms with E-state index in [1.54, 1.807) is 0 Å². The van der Waals surface area contributed by atoms with Crippen LogP contribution in [0.4, 0.5) is 15.8 Å². The average Bonchev–Trinajstić information content (AvgIpc) is 2.42. The van der Waals surface area contributed by atoms with Crippen molar-refractivity contribution < 1.29 is 14.1 Å². The van der Waals surface area contributed by atoms with E-state index < -0.39 is 27.5 Å². The van der Waals surface area contributed by atoms with Crippen LogP contribution in [0.2, 0.25) is 10.2 Å². The van der Waals surface area contributed by atoms with Gasteiger partial charge in [0.25, 0.3) is 5.91 Å². The molecule has 1 amide bonds. The molecule has 0 spiro atoms. The van der Waals surface area contributed by atoms with Crippen LogP contribution in [0.1, 0.15) is 10.4 Å². The van der Waals surface area contributed by atoms with E-state index in [0.717, 1.165) is 12.1 Å². The van der Waals surface area contributed by atoms with E-state index in [9.17, 15) is 19.3 Å². The number of amides is 1. The van der Waals surface area contributed by atoms with Crippen molar-refractivity contribution in [1.82, 2.24) is 4.98 Å². The highest BCUT2D eigenvalue weighted by Crippen LogP contribution is 2.27. The van der Waals surface area contributed by atoms with Crippen LogP contribution in [-0.2, 0) is 0 Å². The van der Waals surface area contributed by atoms with Crippen molar-refractivity contribution in [2.75, 3.05) is 5.32 Å². The quantitative estimate of drug-likeness (QED) is 0.528. The Hall–Kier alpha value is -2.25. The Morgan fingerprint density at radius 1 is 1.33 bits per heavy atom. The normalized spacial score (nSPS) is 10.2. The minimum atomic E-state index is -0.804. The van der Waals surface area contributed by atoms with Gasteiger partial charge in [0.2, 0.25) is 5.15 Å². The number of carbonyl (C=O) groups is 1. The number of rotatable bonds is 3. The molecule has 0 atom stereocenters. The maximum absolute atomic E-state index is 13.0. The molecular formula is C12H6Cl2FN3O3. The van der Waals surface area contributed by atoms with Gasteiger partial charge in [-0.05, 0) is 24.3 Å². The van der Waals surface area contributed by atoms with Crippen LogP contribution in [0, 0.1) is 15.9 Å². The summed E-state index contributed by atoms with van der Waals surface area (Å²) in [6, 6.07) is 4.67. The fraction of sp³-hybridized carbons (Fsp3) is 0. The molecule has 1 N–H and O–H groups in total. The number of hydrogen-bond acceptors (Lipinski definition) is 4. The van der Waals surface area contributed by atoms with E-state index in [0.29, 0.717) is 0 Å². The van der Waals surface area contributed by atoms with Gasteiger partial charge >= 0.3 is 5.69 Å². The van der Waals surface area contributed by atoms with Crippen molar-refractivity contribution in [1.29, 1.82) is 0 Å². The lowest BCUT2D eigenvalue weighted by Crippen LogP contribution is -2.14. The summed E-state index contributed by atoms with van der Waals surface area (Å²) in [5.74, 6) is -1.43. The number of nitrogens with zero attached hydrogens (tertiary/aromatic N) is 2. The second-order valence-electron chi connectivity index (χ2n) is 3.84. The predicted octanol–water partition coefficient (Wildman–Crippen LogP) is 3.69. The maximum atomic E-state index is 13.0. The second kappa shape index (κ2) is 6.02. The third-order valence-corrected chi connectivity index (χ3v) is 3.05. The number of anilines is 1. The Bertz CT molecular complexity index is 740. The fourth-order valence-corrected chi connectivity index (χ4v) is 1.97. The minimum absolute atomic E-state index is 0.185. The summed E-state index contributed by atoms with van der Waals surface area (Å²) in [7, 11) is 0. The molecule has 0 unspecified atom stereocenters. The molecule has 1 heterocycles. The molecule has 0 saturated carbocycles. The van der Waals surface area contributed by atoms with Gasteiger partial charge in [-0.2, -0.15) is 0 Å². The van der Waals surface area contributed by atoms with Gasteiger partial charge in [0.05, 0.1) is 9.95 Å². The highest BCUT2D eigenvalue weighted by Gasteiger charge is 2.24. The van der Waals surface area contributed by atoms with Gasteiger partial charge in [-0.3, -0.25) is 14.9 Å². The topological polar surface area (TPSA) is 85.1 Å². The number of benzene rings is 1. The molecule has 2 aromatic rings. The van der Waals surface area contributed by atoms with Crippen LogP contribution < -0.4 is 5.32 Å². The molecule has 1 aromatic carbocycles. The van der Waals surface area contributed by atoms with E-state index in [-0.39, 0.29) is 16.3 Å². The monoisotopic (exact) mass is 329 g/mol. The minimum Gasteiger partial charge on any atom is -0.322 e. The molecule has 0 aliphatic carbocycles. The van der Waals surface area contributed by atoms with E-state index in [1.807, 2.05) is 0 Å². The summed E-state index contributed by atoms with van der Waals surface area (Å²) < 4.78 is 13.0. The largest absolute Gasteiger partial charge is 0.322 e. The lowest BCUT2D eigenvalue weighted by atomic mass is 10.2. The standard InChI is InChI=1S/C12H6Cl2FN3O3/c13-8-5-6(1-2-9(8)15)17-12(19)7-3-4-16-11(14)10(7)18(20)21/h1-5H,(H,17,19). The molecule has 0 bridgehead atoms. The summed E-state index contributed by atoms with van der Waals surface area (Å²) in [6.07, 6.45) is 1.17. The Morgan fingerprint density at radius 2 is 2.05 bits per heavy atom. The molecule has 21 heavy (non-hydrogen) atoms. The molecule has 0 radical (unpaired) electrons. The van der Waals surface area contributed by atoms with E-state index in [2.05, 4.69) is 10.3 Å². The fourth-order valence-electron chi connectivity index (χ4n) is 1.56. The molecule has 0 aliphatic heterocycles. The Balaban J connectivity index is 2.35. The zero-order chi connectivity index (χ0) is 15.6. The summed E-state index contributed by atoms with van der Waals surface area (Å²) in [4.78, 5) is 25.7. The van der Waals surface area contributed by atoms with Crippen molar-refractivity contribution in [3.63, 3.8) is 0 Å². The first-order valence-corrected chi connectivity index (χ1v) is 6.21. The van der Waals surface area contributed by atoms with Crippen LogP contribution in [-0.4, -0.2) is 15.8 Å². The van der Waals surface area contributed by atoms with Gasteiger partial charge in [-0.1, -0.05) is 23.2 Å². The lowest BCUT2D eigenvalue weighted by molar-refractivity contribution is -0.385. The third-order valence-electron chi connectivity index (χ3n) is 2.48. The first kappa shape index (κ1) is 15.1. The van der Waals surface area contributed by atoms with Gasteiger partial charge in [0.1, 0.15) is 11.4 Å². The highest BCUT2D eigenvalue weighted by molar-refractivity contribution is 6.32. The molecule has 2 rings (SSSR count). The van der Waals surface area contributed by atoms with Crippen LogP contribution >= 0.6 is 23.2 Å². The van der Waals surface area contributed by atoms with Crippen LogP contribution in [0.5, 0.6) is 0 Å². The molecule has 1 aromatic heterocycles. The Kier molecular flexibility index (Phi) is 4.35. The number of nitrogens with one attached hydrogen (secondary N) is 1. The number of halogens is 3. The molecule has 0 fully saturated rings. The van der Waals surface area contributed by atoms with Crippen molar-refractivity contribution in [3.05, 3.63) is 62.1 Å². The number of carbonyl (C=O) groups excluding carboxylic acids is 1. The predicted molar refractivity (Wildman–Crippen MR) is 75.3 cm³/mol. The highest BCUT2D eigenvalue weighted by atomic mass is 35.5. The Labute approximate surface area is 127 Å². The zero-order valence-electron chi connectivity index (χ0n) is 10.1. The Morgan fingerprint density at radius 3 is 2.67 bits per heavy atom. The van der Waals surface area contributed by atoms with Gasteiger partial charge in [-0.15, -0.1) is 0 Å². The molecule has 108 valence electrons. The summed E-state index contributed by atoms with van der Waals surface area (Å²) >= 11 is 11.2. The summed E-state index contributed by atoms with van der Waals surface area (Å²) in [6.45, 7) is 0. The zero-order valence-corrected chi connectivity index (χ0v) is 11.7. The number of aromatic nitrogens is 1. The third kappa shape index (κ3) is 3.26. The van der Waals surface area contributed by atoms with Crippen LogP contribution in [0.3, 0.4) is 0 Å². The first-order chi connectivity index (χ1) is 9.90. The smallest absolute Gasteiger partial charge is 0.319 e. The van der Waals surface area contributed by atoms with Gasteiger partial charge in [0, 0.05) is 11.9 Å². The van der Waals surface area contributed by atoms with E-state index in [4.69, 9.17) is 23.2 Å². The summed E-state index contributed by atoms with van der Waals surface area (Å²) in [5, 5.41) is 12.7. The van der Waals surface area contributed by atoms with E-state index in [1.165, 1.54) is 18.3 Å². The lowest BCUT2D eigenvalue weighted by Gasteiger charge is -2.07. The summed E-state index contributed by atoms with van der Waals surface area (Å²) in [5.41, 5.74) is -0.682. The average molecular weight is 330 g/mol. The van der Waals surface area contributed by atoms with Crippen molar-refractivity contribution >= 4 is 40.5 Å². The number of hydrogen-bond donors (Lipinski definition) is 1. The van der Waals surface area contributed by atoms with Crippen LogP contribution in [0.25, 0.3) is 0 Å². The van der Waals surface area contributed by atoms with Crippen molar-refractivity contribution in [3.8, 4) is 0 Å². The van der Waals surface area contributed by atoms with E-state index >= 15 is 0 Å². The van der Waals surface area contributed by atoms with Crippen molar-refractivity contribution in [2.24, 2.45) is 0 Å². The van der Waals surface area contributed by atoms with Crippen molar-refractivity contribution in [2.45, 2.75) is 0 Å². The molecule has 0 aliphatic rings. The maximum Gasteiger partial charge on any atom is 0.319 e. The molecule has 6 nitrogen and oxygen atoms in total. The number of nitro groups is 1. The molecular weight excluding hydrogens is 324 g/mol. The first-order valence-electron chi connectivity index (χ1n) is 5.45. The molecule has 9 heteroatoms. The second-order valence-corrected chi connectivity index (χ2v) is 4.60. The van der Waals surface area contributed by atoms with Gasteiger partial charge in [-0.25, -0.2) is 9.37 Å². The van der Waals surface area contributed by atoms with Crippen LogP contribution in [0.15, 0.2) is 30.5 Å². The SMILES string of the molecule is O=C(Nc1ccc(F)c(Cl)c1)c1ccnc(Cl)c1[N+](=O)[O-]. The molecule has 0 saturated heterocycles. The van der Waals surface area contributed by atoms with Gasteiger partial charge in [0.15, 0.2) is 0 Å². The number of pyridine rings is 1.